The molecule has 0 radical (unpaired) electrons. The second-order valence-corrected chi connectivity index (χ2v) is 12.8. The monoisotopic (exact) mass is 512 g/mol. The molecule has 192 valence electrons. The second kappa shape index (κ2) is 8.19. The molecular formula is C27H32N2O6S. The van der Waals surface area contributed by atoms with Gasteiger partial charge in [0.05, 0.1) is 11.8 Å². The van der Waals surface area contributed by atoms with E-state index in [2.05, 4.69) is 11.9 Å². The highest BCUT2D eigenvalue weighted by atomic mass is 32.2. The summed E-state index contributed by atoms with van der Waals surface area (Å²) in [6, 6.07) is 10.6. The van der Waals surface area contributed by atoms with Gasteiger partial charge in [-0.15, -0.1) is 0 Å². The maximum atomic E-state index is 13.6. The molecule has 0 unspecified atom stereocenters. The van der Waals surface area contributed by atoms with Crippen LogP contribution >= 0.6 is 0 Å². The average molecular weight is 513 g/mol. The van der Waals surface area contributed by atoms with Gasteiger partial charge in [0, 0.05) is 42.6 Å². The fourth-order valence-electron chi connectivity index (χ4n) is 7.46. The summed E-state index contributed by atoms with van der Waals surface area (Å²) in [5, 5.41) is 11.0. The van der Waals surface area contributed by atoms with Gasteiger partial charge in [0.2, 0.25) is 10.0 Å². The fraction of sp³-hybridized carbons (Fsp3) is 0.519. The highest BCUT2D eigenvalue weighted by Gasteiger charge is 2.67. The Morgan fingerprint density at radius 3 is 2.75 bits per heavy atom. The molecule has 5 atom stereocenters. The number of likely N-dealkylation sites (N-methyl/N-ethyl adjacent to an activating group) is 2. The molecule has 2 aliphatic heterocycles. The van der Waals surface area contributed by atoms with E-state index in [0.717, 1.165) is 36.1 Å². The van der Waals surface area contributed by atoms with Crippen LogP contribution in [0.2, 0.25) is 0 Å². The van der Waals surface area contributed by atoms with Gasteiger partial charge in [-0.25, -0.2) is 8.42 Å². The van der Waals surface area contributed by atoms with Gasteiger partial charge in [0.15, 0.2) is 11.5 Å². The number of sulfonamides is 1. The van der Waals surface area contributed by atoms with Crippen LogP contribution in [-0.2, 0) is 32.4 Å². The van der Waals surface area contributed by atoms with E-state index in [0.29, 0.717) is 18.6 Å². The number of esters is 1. The van der Waals surface area contributed by atoms with Gasteiger partial charge in [-0.3, -0.25) is 4.79 Å². The summed E-state index contributed by atoms with van der Waals surface area (Å²) in [5.41, 5.74) is 2.07. The molecule has 2 fully saturated rings. The van der Waals surface area contributed by atoms with Crippen molar-refractivity contribution in [2.45, 2.75) is 62.0 Å². The first-order valence-corrected chi connectivity index (χ1v) is 14.2. The van der Waals surface area contributed by atoms with Gasteiger partial charge in [-0.2, -0.15) is 4.31 Å². The number of carbonyl (C=O) groups excluding carboxylic acids is 1. The lowest BCUT2D eigenvalue weighted by atomic mass is 9.51. The van der Waals surface area contributed by atoms with Crippen LogP contribution in [0.5, 0.6) is 17.2 Å². The minimum atomic E-state index is -3.62. The quantitative estimate of drug-likeness (QED) is 0.486. The van der Waals surface area contributed by atoms with Crippen LogP contribution in [0.1, 0.15) is 42.9 Å². The number of hydrogen-bond donors (Lipinski definition) is 1. The van der Waals surface area contributed by atoms with Crippen molar-refractivity contribution < 1.29 is 27.8 Å². The van der Waals surface area contributed by atoms with Crippen LogP contribution in [0.4, 0.5) is 0 Å². The van der Waals surface area contributed by atoms with Gasteiger partial charge in [0.25, 0.3) is 0 Å². The molecule has 9 heteroatoms. The van der Waals surface area contributed by atoms with Crippen molar-refractivity contribution in [1.82, 2.24) is 9.21 Å². The van der Waals surface area contributed by atoms with E-state index in [9.17, 15) is 18.3 Å². The first-order chi connectivity index (χ1) is 17.1. The van der Waals surface area contributed by atoms with Gasteiger partial charge in [-0.1, -0.05) is 30.3 Å². The number of phenols is 1. The Morgan fingerprint density at radius 1 is 1.28 bits per heavy atom. The number of aromatic hydroxyl groups is 1. The van der Waals surface area contributed by atoms with Crippen LogP contribution < -0.4 is 9.47 Å². The molecule has 2 aromatic carbocycles. The standard InChI is InChI=1S/C27H32N2O6S/c1-16(30)34-23-14-22(31)18-13-21-19-9-10-20(29(3)36(32,33)15-17-7-5-4-6-8-17)26-27(19,11-12-28(21)2)24(18)25(23)35-26/h4-8,14,19-21,26,31H,9-13,15H2,1-3H3/t19-,20-,21+,26-,27-/m0/s1. The molecule has 8 nitrogen and oxygen atoms in total. The van der Waals surface area contributed by atoms with Crippen LogP contribution in [0.25, 0.3) is 0 Å². The molecular weight excluding hydrogens is 480 g/mol. The van der Waals surface area contributed by atoms with Crippen molar-refractivity contribution in [2.24, 2.45) is 5.92 Å². The minimum Gasteiger partial charge on any atom is -0.508 e. The summed E-state index contributed by atoms with van der Waals surface area (Å²) in [7, 11) is 0.167. The van der Waals surface area contributed by atoms with E-state index in [-0.39, 0.29) is 35.3 Å². The van der Waals surface area contributed by atoms with E-state index in [1.54, 1.807) is 7.05 Å². The van der Waals surface area contributed by atoms with Crippen LogP contribution in [0, 0.1) is 5.92 Å². The Morgan fingerprint density at radius 2 is 2.03 bits per heavy atom. The zero-order valence-corrected chi connectivity index (χ0v) is 21.6. The predicted octanol–water partition coefficient (Wildman–Crippen LogP) is 2.82. The van der Waals surface area contributed by atoms with Crippen LogP contribution in [-0.4, -0.2) is 67.5 Å². The molecule has 2 heterocycles. The summed E-state index contributed by atoms with van der Waals surface area (Å²) >= 11 is 0. The Kier molecular flexibility index (Phi) is 5.41. The predicted molar refractivity (Wildman–Crippen MR) is 134 cm³/mol. The summed E-state index contributed by atoms with van der Waals surface area (Å²) in [4.78, 5) is 14.2. The molecule has 2 aliphatic carbocycles. The van der Waals surface area contributed by atoms with Crippen molar-refractivity contribution in [3.63, 3.8) is 0 Å². The number of ether oxygens (including phenoxy) is 2. The summed E-state index contributed by atoms with van der Waals surface area (Å²) in [6.45, 7) is 2.18. The molecule has 2 bridgehead atoms. The Bertz CT molecular complexity index is 1330. The molecule has 1 saturated carbocycles. The second-order valence-electron chi connectivity index (χ2n) is 10.8. The molecule has 0 amide bonds. The maximum absolute atomic E-state index is 13.6. The van der Waals surface area contributed by atoms with E-state index in [1.807, 2.05) is 30.3 Å². The Labute approximate surface area is 211 Å². The molecule has 6 rings (SSSR count). The smallest absolute Gasteiger partial charge is 0.308 e. The van der Waals surface area contributed by atoms with Crippen molar-refractivity contribution >= 4 is 16.0 Å². The highest BCUT2D eigenvalue weighted by Crippen LogP contribution is 2.65. The van der Waals surface area contributed by atoms with Gasteiger partial charge in [0.1, 0.15) is 11.9 Å². The van der Waals surface area contributed by atoms with E-state index in [1.165, 1.54) is 17.3 Å². The SMILES string of the molecule is CC(=O)Oc1cc(O)c2c3c1O[C@H]1[C@@H](N(C)S(=O)(=O)Cc4ccccc4)CC[C@H]4[C@@H](C2)N(C)CC[C@@]341. The summed E-state index contributed by atoms with van der Waals surface area (Å²) in [6.07, 6.45) is 2.61. The molecule has 4 aliphatic rings. The molecule has 0 aromatic heterocycles. The van der Waals surface area contributed by atoms with Crippen molar-refractivity contribution in [3.8, 4) is 17.2 Å². The molecule has 36 heavy (non-hydrogen) atoms. The minimum absolute atomic E-state index is 0.0764. The number of rotatable bonds is 5. The third-order valence-electron chi connectivity index (χ3n) is 9.01. The van der Waals surface area contributed by atoms with E-state index >= 15 is 0 Å². The normalized spacial score (nSPS) is 30.6. The average Bonchev–Trinajstić information content (AvgIpc) is 3.17. The van der Waals surface area contributed by atoms with Crippen molar-refractivity contribution in [2.75, 3.05) is 20.6 Å². The zero-order chi connectivity index (χ0) is 25.4. The topological polar surface area (TPSA) is 96.4 Å². The maximum Gasteiger partial charge on any atom is 0.308 e. The summed E-state index contributed by atoms with van der Waals surface area (Å²) in [5.74, 6) is 0.522. The highest BCUT2D eigenvalue weighted by molar-refractivity contribution is 7.88. The number of likely N-dealkylation sites (tertiary alicyclic amines) is 1. The van der Waals surface area contributed by atoms with Gasteiger partial charge >= 0.3 is 5.97 Å². The first-order valence-electron chi connectivity index (χ1n) is 12.6. The number of nitrogens with zero attached hydrogens (tertiary/aromatic N) is 2. The lowest BCUT2D eigenvalue weighted by Gasteiger charge is -2.59. The number of phenolic OH excluding ortho intramolecular Hbond substituents is 1. The van der Waals surface area contributed by atoms with Crippen LogP contribution in [0.3, 0.4) is 0 Å². The molecule has 2 aromatic rings. The largest absolute Gasteiger partial charge is 0.508 e. The Balaban J connectivity index is 1.45. The molecule has 1 spiro atoms. The van der Waals surface area contributed by atoms with Crippen LogP contribution in [0.15, 0.2) is 36.4 Å². The summed E-state index contributed by atoms with van der Waals surface area (Å²) < 4.78 is 40.8. The van der Waals surface area contributed by atoms with E-state index < -0.39 is 27.5 Å². The molecule has 1 saturated heterocycles. The van der Waals surface area contributed by atoms with Gasteiger partial charge in [-0.05, 0) is 50.8 Å². The fourth-order valence-corrected chi connectivity index (χ4v) is 8.90. The first kappa shape index (κ1) is 23.8. The lowest BCUT2D eigenvalue weighted by molar-refractivity contribution is -0.132. The Hall–Kier alpha value is -2.62. The van der Waals surface area contributed by atoms with Crippen molar-refractivity contribution in [1.29, 1.82) is 0 Å². The number of hydrogen-bond acceptors (Lipinski definition) is 7. The third-order valence-corrected chi connectivity index (χ3v) is 10.9. The van der Waals surface area contributed by atoms with Gasteiger partial charge < -0.3 is 19.5 Å². The number of piperidine rings is 1. The lowest BCUT2D eigenvalue weighted by Crippen LogP contribution is -2.68. The van der Waals surface area contributed by atoms with Crippen molar-refractivity contribution in [3.05, 3.63) is 53.1 Å². The van der Waals surface area contributed by atoms with E-state index in [4.69, 9.17) is 9.47 Å². The number of benzene rings is 2. The third kappa shape index (κ3) is 3.32. The zero-order valence-electron chi connectivity index (χ0n) is 20.8. The number of carbonyl (C=O) groups is 1. The molecule has 1 N–H and O–H groups in total.